The van der Waals surface area contributed by atoms with Gasteiger partial charge < -0.3 is 14.2 Å². The van der Waals surface area contributed by atoms with E-state index in [1.54, 1.807) is 26.4 Å². The Hall–Kier alpha value is -1.75. The van der Waals surface area contributed by atoms with Gasteiger partial charge in [-0.3, -0.25) is 5.32 Å². The lowest BCUT2D eigenvalue weighted by Crippen LogP contribution is -2.34. The molecule has 0 bridgehead atoms. The normalized spacial score (nSPS) is 12.1. The summed E-state index contributed by atoms with van der Waals surface area (Å²) in [6.07, 6.45) is 0. The minimum absolute atomic E-state index is 0.150. The van der Waals surface area contributed by atoms with Crippen LogP contribution in [0.1, 0.15) is 25.5 Å². The van der Waals surface area contributed by atoms with Gasteiger partial charge in [-0.05, 0) is 31.5 Å². The van der Waals surface area contributed by atoms with Crippen LogP contribution in [-0.2, 0) is 9.53 Å². The topological polar surface area (TPSA) is 56.8 Å². The van der Waals surface area contributed by atoms with E-state index >= 15 is 0 Å². The SMILES string of the molecule is COC(=O)C(NC(C)C)c1ccc(OC)c(OC)c1. The fourth-order valence-electron chi connectivity index (χ4n) is 1.78. The Morgan fingerprint density at radius 1 is 1.11 bits per heavy atom. The molecule has 1 aromatic rings. The highest BCUT2D eigenvalue weighted by Crippen LogP contribution is 2.30. The van der Waals surface area contributed by atoms with Crippen LogP contribution in [0.2, 0.25) is 0 Å². The van der Waals surface area contributed by atoms with Crippen molar-refractivity contribution < 1.29 is 19.0 Å². The van der Waals surface area contributed by atoms with E-state index in [1.807, 2.05) is 19.9 Å². The molecule has 0 aliphatic heterocycles. The molecule has 1 N–H and O–H groups in total. The lowest BCUT2D eigenvalue weighted by atomic mass is 10.1. The van der Waals surface area contributed by atoms with E-state index in [1.165, 1.54) is 7.11 Å². The molecular weight excluding hydrogens is 246 g/mol. The number of carbonyl (C=O) groups is 1. The fourth-order valence-corrected chi connectivity index (χ4v) is 1.78. The van der Waals surface area contributed by atoms with E-state index < -0.39 is 6.04 Å². The highest BCUT2D eigenvalue weighted by Gasteiger charge is 2.23. The Balaban J connectivity index is 3.11. The van der Waals surface area contributed by atoms with E-state index in [0.29, 0.717) is 11.5 Å². The lowest BCUT2D eigenvalue weighted by Gasteiger charge is -2.20. The van der Waals surface area contributed by atoms with Gasteiger partial charge in [0.2, 0.25) is 0 Å². The Kier molecular flexibility index (Phi) is 5.63. The molecule has 0 saturated carbocycles. The van der Waals surface area contributed by atoms with Gasteiger partial charge in [0.05, 0.1) is 21.3 Å². The predicted molar refractivity (Wildman–Crippen MR) is 72.6 cm³/mol. The van der Waals surface area contributed by atoms with Gasteiger partial charge in [0.25, 0.3) is 0 Å². The monoisotopic (exact) mass is 267 g/mol. The van der Waals surface area contributed by atoms with Gasteiger partial charge >= 0.3 is 5.97 Å². The highest BCUT2D eigenvalue weighted by molar-refractivity contribution is 5.78. The van der Waals surface area contributed by atoms with Crippen molar-refractivity contribution in [1.29, 1.82) is 0 Å². The summed E-state index contributed by atoms with van der Waals surface area (Å²) in [5.74, 6) is 0.875. The Morgan fingerprint density at radius 2 is 1.74 bits per heavy atom. The standard InChI is InChI=1S/C14H21NO4/c1-9(2)15-13(14(16)19-5)10-6-7-11(17-3)12(8-10)18-4/h6-9,13,15H,1-5H3. The van der Waals surface area contributed by atoms with Crippen molar-refractivity contribution in [2.45, 2.75) is 25.9 Å². The quantitative estimate of drug-likeness (QED) is 0.798. The van der Waals surface area contributed by atoms with Gasteiger partial charge in [-0.15, -0.1) is 0 Å². The molecular formula is C14H21NO4. The van der Waals surface area contributed by atoms with Crippen LogP contribution in [0.3, 0.4) is 0 Å². The maximum Gasteiger partial charge on any atom is 0.327 e. The zero-order valence-electron chi connectivity index (χ0n) is 12.0. The molecule has 0 aromatic heterocycles. The molecule has 0 aliphatic carbocycles. The molecule has 0 fully saturated rings. The van der Waals surface area contributed by atoms with Crippen LogP contribution in [0, 0.1) is 0 Å². The van der Waals surface area contributed by atoms with Crippen LogP contribution in [0.25, 0.3) is 0 Å². The first-order valence-corrected chi connectivity index (χ1v) is 6.09. The summed E-state index contributed by atoms with van der Waals surface area (Å²) in [5, 5.41) is 3.16. The van der Waals surface area contributed by atoms with Crippen molar-refractivity contribution in [2.24, 2.45) is 0 Å². The van der Waals surface area contributed by atoms with Gasteiger partial charge in [0.1, 0.15) is 6.04 Å². The number of hydrogen-bond acceptors (Lipinski definition) is 5. The summed E-state index contributed by atoms with van der Waals surface area (Å²) in [7, 11) is 4.50. The van der Waals surface area contributed by atoms with Crippen molar-refractivity contribution in [3.05, 3.63) is 23.8 Å². The maximum absolute atomic E-state index is 11.8. The van der Waals surface area contributed by atoms with E-state index in [4.69, 9.17) is 14.2 Å². The van der Waals surface area contributed by atoms with Gasteiger partial charge in [-0.2, -0.15) is 0 Å². The molecule has 0 spiro atoms. The molecule has 1 atom stereocenters. The number of nitrogens with one attached hydrogen (secondary N) is 1. The number of carbonyl (C=O) groups excluding carboxylic acids is 1. The molecule has 106 valence electrons. The number of benzene rings is 1. The summed E-state index contributed by atoms with van der Waals surface area (Å²) >= 11 is 0. The number of esters is 1. The number of hydrogen-bond donors (Lipinski definition) is 1. The second-order valence-electron chi connectivity index (χ2n) is 4.39. The third-order valence-corrected chi connectivity index (χ3v) is 2.68. The van der Waals surface area contributed by atoms with Crippen LogP contribution in [0.5, 0.6) is 11.5 Å². The molecule has 1 unspecified atom stereocenters. The van der Waals surface area contributed by atoms with Crippen molar-refractivity contribution >= 4 is 5.97 Å². The zero-order valence-corrected chi connectivity index (χ0v) is 12.0. The average molecular weight is 267 g/mol. The first kappa shape index (κ1) is 15.3. The first-order chi connectivity index (χ1) is 9.03. The molecule has 0 amide bonds. The number of methoxy groups -OCH3 is 3. The molecule has 5 nitrogen and oxygen atoms in total. The van der Waals surface area contributed by atoms with E-state index in [2.05, 4.69) is 5.32 Å². The third kappa shape index (κ3) is 3.86. The first-order valence-electron chi connectivity index (χ1n) is 6.09. The van der Waals surface area contributed by atoms with Gasteiger partial charge in [0, 0.05) is 6.04 Å². The molecule has 0 aliphatic rings. The summed E-state index contributed by atoms with van der Waals surface area (Å²) in [6.45, 7) is 3.94. The summed E-state index contributed by atoms with van der Waals surface area (Å²) < 4.78 is 15.2. The molecule has 0 saturated heterocycles. The fraction of sp³-hybridized carbons (Fsp3) is 0.500. The molecule has 5 heteroatoms. The van der Waals surface area contributed by atoms with Crippen LogP contribution in [0.4, 0.5) is 0 Å². The molecule has 1 aromatic carbocycles. The van der Waals surface area contributed by atoms with Gasteiger partial charge in [-0.1, -0.05) is 6.07 Å². The maximum atomic E-state index is 11.8. The largest absolute Gasteiger partial charge is 0.493 e. The highest BCUT2D eigenvalue weighted by atomic mass is 16.5. The summed E-state index contributed by atoms with van der Waals surface area (Å²) in [6, 6.07) is 4.99. The van der Waals surface area contributed by atoms with Crippen molar-refractivity contribution in [2.75, 3.05) is 21.3 Å². The van der Waals surface area contributed by atoms with Crippen molar-refractivity contribution in [1.82, 2.24) is 5.32 Å². The Bertz CT molecular complexity index is 431. The summed E-state index contributed by atoms with van der Waals surface area (Å²) in [5.41, 5.74) is 0.776. The number of rotatable bonds is 6. The second kappa shape index (κ2) is 6.99. The van der Waals surface area contributed by atoms with Crippen LogP contribution >= 0.6 is 0 Å². The Morgan fingerprint density at radius 3 is 2.21 bits per heavy atom. The molecule has 19 heavy (non-hydrogen) atoms. The van der Waals surface area contributed by atoms with E-state index in [0.717, 1.165) is 5.56 Å². The van der Waals surface area contributed by atoms with Crippen molar-refractivity contribution in [3.8, 4) is 11.5 Å². The minimum Gasteiger partial charge on any atom is -0.493 e. The number of ether oxygens (including phenoxy) is 3. The molecule has 0 radical (unpaired) electrons. The van der Waals surface area contributed by atoms with Crippen LogP contribution < -0.4 is 14.8 Å². The van der Waals surface area contributed by atoms with Gasteiger partial charge in [0.15, 0.2) is 11.5 Å². The van der Waals surface area contributed by atoms with Crippen LogP contribution in [0.15, 0.2) is 18.2 Å². The lowest BCUT2D eigenvalue weighted by molar-refractivity contribution is -0.143. The Labute approximate surface area is 113 Å². The molecule has 1 rings (SSSR count). The van der Waals surface area contributed by atoms with Crippen LogP contribution in [-0.4, -0.2) is 33.3 Å². The molecule has 0 heterocycles. The second-order valence-corrected chi connectivity index (χ2v) is 4.39. The minimum atomic E-state index is -0.523. The zero-order chi connectivity index (χ0) is 14.4. The smallest absolute Gasteiger partial charge is 0.327 e. The third-order valence-electron chi connectivity index (χ3n) is 2.68. The average Bonchev–Trinajstić information content (AvgIpc) is 2.42. The van der Waals surface area contributed by atoms with Crippen molar-refractivity contribution in [3.63, 3.8) is 0 Å². The predicted octanol–water partition coefficient (Wildman–Crippen LogP) is 1.92. The van der Waals surface area contributed by atoms with E-state index in [9.17, 15) is 4.79 Å². The van der Waals surface area contributed by atoms with Gasteiger partial charge in [-0.25, -0.2) is 4.79 Å². The van der Waals surface area contributed by atoms with E-state index in [-0.39, 0.29) is 12.0 Å². The summed E-state index contributed by atoms with van der Waals surface area (Å²) in [4.78, 5) is 11.8.